The number of hydrogen-bond acceptors (Lipinski definition) is 3. The Morgan fingerprint density at radius 2 is 2.14 bits per heavy atom. The SMILES string of the molecule is CCc1ccc(CC(=O)C(C)NC)s1. The van der Waals surface area contributed by atoms with Crippen molar-refractivity contribution in [3.63, 3.8) is 0 Å². The van der Waals surface area contributed by atoms with E-state index >= 15 is 0 Å². The van der Waals surface area contributed by atoms with E-state index in [-0.39, 0.29) is 11.8 Å². The molecule has 14 heavy (non-hydrogen) atoms. The van der Waals surface area contributed by atoms with Crippen LogP contribution in [-0.4, -0.2) is 18.9 Å². The molecule has 0 fully saturated rings. The van der Waals surface area contributed by atoms with Gasteiger partial charge >= 0.3 is 0 Å². The smallest absolute Gasteiger partial charge is 0.154 e. The summed E-state index contributed by atoms with van der Waals surface area (Å²) >= 11 is 1.74. The molecule has 0 aliphatic carbocycles. The van der Waals surface area contributed by atoms with Crippen LogP contribution in [0.2, 0.25) is 0 Å². The van der Waals surface area contributed by atoms with Gasteiger partial charge in [-0.1, -0.05) is 6.92 Å². The summed E-state index contributed by atoms with van der Waals surface area (Å²) in [6.07, 6.45) is 1.62. The van der Waals surface area contributed by atoms with Crippen LogP contribution >= 0.6 is 11.3 Å². The number of carbonyl (C=O) groups excluding carboxylic acids is 1. The van der Waals surface area contributed by atoms with E-state index in [4.69, 9.17) is 0 Å². The van der Waals surface area contributed by atoms with Crippen LogP contribution in [0.25, 0.3) is 0 Å². The quantitative estimate of drug-likeness (QED) is 0.807. The fourth-order valence-electron chi connectivity index (χ4n) is 1.19. The maximum atomic E-state index is 11.6. The van der Waals surface area contributed by atoms with Gasteiger partial charge in [-0.2, -0.15) is 0 Å². The molecule has 0 aliphatic rings. The van der Waals surface area contributed by atoms with E-state index in [9.17, 15) is 4.79 Å². The topological polar surface area (TPSA) is 29.1 Å². The molecule has 1 aromatic rings. The fourth-order valence-corrected chi connectivity index (χ4v) is 2.16. The minimum absolute atomic E-state index is 0.0397. The summed E-state index contributed by atoms with van der Waals surface area (Å²) in [4.78, 5) is 14.1. The molecule has 1 rings (SSSR count). The van der Waals surface area contributed by atoms with Gasteiger partial charge in [0, 0.05) is 16.2 Å². The molecule has 1 unspecified atom stereocenters. The molecule has 0 amide bonds. The molecule has 0 saturated carbocycles. The molecule has 1 atom stereocenters. The molecular weight excluding hydrogens is 194 g/mol. The number of ketones is 1. The maximum Gasteiger partial charge on any atom is 0.154 e. The third kappa shape index (κ3) is 2.93. The summed E-state index contributed by atoms with van der Waals surface area (Å²) in [5, 5.41) is 2.96. The Labute approximate surface area is 89.3 Å². The highest BCUT2D eigenvalue weighted by Gasteiger charge is 2.11. The molecule has 0 saturated heterocycles. The maximum absolute atomic E-state index is 11.6. The van der Waals surface area contributed by atoms with Gasteiger partial charge in [-0.05, 0) is 32.5 Å². The van der Waals surface area contributed by atoms with E-state index in [0.717, 1.165) is 6.42 Å². The summed E-state index contributed by atoms with van der Waals surface area (Å²) in [6.45, 7) is 4.03. The van der Waals surface area contributed by atoms with E-state index in [1.165, 1.54) is 9.75 Å². The molecule has 0 aliphatic heterocycles. The number of Topliss-reactive ketones (excluding diaryl/α,β-unsaturated/α-hetero) is 1. The van der Waals surface area contributed by atoms with E-state index in [1.54, 1.807) is 11.3 Å². The third-order valence-electron chi connectivity index (χ3n) is 2.33. The van der Waals surface area contributed by atoms with Gasteiger partial charge in [-0.3, -0.25) is 4.79 Å². The lowest BCUT2D eigenvalue weighted by Crippen LogP contribution is -2.31. The molecule has 0 radical (unpaired) electrons. The standard InChI is InChI=1S/C11H17NOS/c1-4-9-5-6-10(14-9)7-11(13)8(2)12-3/h5-6,8,12H,4,7H2,1-3H3. The number of rotatable bonds is 5. The van der Waals surface area contributed by atoms with E-state index in [0.29, 0.717) is 6.42 Å². The van der Waals surface area contributed by atoms with Crippen LogP contribution in [-0.2, 0) is 17.6 Å². The first-order chi connectivity index (χ1) is 6.67. The first-order valence-electron chi connectivity index (χ1n) is 4.95. The van der Waals surface area contributed by atoms with Crippen LogP contribution in [0.3, 0.4) is 0 Å². The molecule has 1 aromatic heterocycles. The Morgan fingerprint density at radius 1 is 1.50 bits per heavy atom. The Morgan fingerprint density at radius 3 is 2.64 bits per heavy atom. The molecule has 2 nitrogen and oxygen atoms in total. The predicted octanol–water partition coefficient (Wildman–Crippen LogP) is 2.03. The van der Waals surface area contributed by atoms with Gasteiger partial charge in [0.05, 0.1) is 6.04 Å². The second kappa shape index (κ2) is 5.27. The molecule has 3 heteroatoms. The monoisotopic (exact) mass is 211 g/mol. The highest BCUT2D eigenvalue weighted by atomic mass is 32.1. The largest absolute Gasteiger partial charge is 0.311 e. The van der Waals surface area contributed by atoms with Crippen LogP contribution in [0.5, 0.6) is 0 Å². The van der Waals surface area contributed by atoms with Gasteiger partial charge in [-0.15, -0.1) is 11.3 Å². The third-order valence-corrected chi connectivity index (χ3v) is 3.56. The van der Waals surface area contributed by atoms with Crippen LogP contribution < -0.4 is 5.32 Å². The van der Waals surface area contributed by atoms with Crippen molar-refractivity contribution in [1.82, 2.24) is 5.32 Å². The highest BCUT2D eigenvalue weighted by molar-refractivity contribution is 7.12. The van der Waals surface area contributed by atoms with Crippen molar-refractivity contribution >= 4 is 17.1 Å². The number of likely N-dealkylation sites (N-methyl/N-ethyl adjacent to an activating group) is 1. The number of aryl methyl sites for hydroxylation is 1. The summed E-state index contributed by atoms with van der Waals surface area (Å²) < 4.78 is 0. The molecule has 0 spiro atoms. The average Bonchev–Trinajstić information content (AvgIpc) is 2.64. The Bertz CT molecular complexity index is 306. The van der Waals surface area contributed by atoms with Crippen LogP contribution in [0.1, 0.15) is 23.6 Å². The molecule has 1 N–H and O–H groups in total. The van der Waals surface area contributed by atoms with Crippen molar-refractivity contribution in [1.29, 1.82) is 0 Å². The lowest BCUT2D eigenvalue weighted by atomic mass is 10.1. The van der Waals surface area contributed by atoms with E-state index in [1.807, 2.05) is 14.0 Å². The molecule has 0 bridgehead atoms. The highest BCUT2D eigenvalue weighted by Crippen LogP contribution is 2.17. The van der Waals surface area contributed by atoms with E-state index in [2.05, 4.69) is 24.4 Å². The van der Waals surface area contributed by atoms with Gasteiger partial charge in [0.1, 0.15) is 0 Å². The second-order valence-electron chi connectivity index (χ2n) is 3.38. The minimum atomic E-state index is -0.0397. The fraction of sp³-hybridized carbons (Fsp3) is 0.545. The molecular formula is C11H17NOS. The molecule has 78 valence electrons. The second-order valence-corrected chi connectivity index (χ2v) is 4.63. The van der Waals surface area contributed by atoms with Gasteiger partial charge in [0.2, 0.25) is 0 Å². The van der Waals surface area contributed by atoms with Crippen molar-refractivity contribution in [2.45, 2.75) is 32.7 Å². The lowest BCUT2D eigenvalue weighted by Gasteiger charge is -2.06. The number of hydrogen-bond donors (Lipinski definition) is 1. The van der Waals surface area contributed by atoms with Crippen molar-refractivity contribution < 1.29 is 4.79 Å². The van der Waals surface area contributed by atoms with Crippen molar-refractivity contribution in [3.05, 3.63) is 21.9 Å². The van der Waals surface area contributed by atoms with Gasteiger partial charge < -0.3 is 5.32 Å². The number of carbonyl (C=O) groups is 1. The summed E-state index contributed by atoms with van der Waals surface area (Å²) in [7, 11) is 1.81. The summed E-state index contributed by atoms with van der Waals surface area (Å²) in [5.41, 5.74) is 0. The summed E-state index contributed by atoms with van der Waals surface area (Å²) in [6, 6.07) is 4.13. The zero-order valence-electron chi connectivity index (χ0n) is 8.96. The van der Waals surface area contributed by atoms with Crippen molar-refractivity contribution in [3.8, 4) is 0 Å². The molecule has 0 aromatic carbocycles. The van der Waals surface area contributed by atoms with Crippen LogP contribution in [0.15, 0.2) is 12.1 Å². The first kappa shape index (κ1) is 11.4. The Hall–Kier alpha value is -0.670. The van der Waals surface area contributed by atoms with Gasteiger partial charge in [0.15, 0.2) is 5.78 Å². The normalized spacial score (nSPS) is 12.8. The van der Waals surface area contributed by atoms with Gasteiger partial charge in [-0.25, -0.2) is 0 Å². The zero-order valence-corrected chi connectivity index (χ0v) is 9.78. The zero-order chi connectivity index (χ0) is 10.6. The van der Waals surface area contributed by atoms with E-state index < -0.39 is 0 Å². The van der Waals surface area contributed by atoms with Crippen LogP contribution in [0, 0.1) is 0 Å². The summed E-state index contributed by atoms with van der Waals surface area (Å²) in [5.74, 6) is 0.261. The van der Waals surface area contributed by atoms with Gasteiger partial charge in [0.25, 0.3) is 0 Å². The lowest BCUT2D eigenvalue weighted by molar-refractivity contribution is -0.119. The average molecular weight is 211 g/mol. The number of nitrogens with one attached hydrogen (secondary N) is 1. The van der Waals surface area contributed by atoms with Crippen LogP contribution in [0.4, 0.5) is 0 Å². The van der Waals surface area contributed by atoms with Crippen molar-refractivity contribution in [2.24, 2.45) is 0 Å². The molecule has 1 heterocycles. The minimum Gasteiger partial charge on any atom is -0.311 e. The predicted molar refractivity (Wildman–Crippen MR) is 60.9 cm³/mol. The van der Waals surface area contributed by atoms with Crippen molar-refractivity contribution in [2.75, 3.05) is 7.05 Å². The first-order valence-corrected chi connectivity index (χ1v) is 5.76. The number of thiophene rings is 1. The Balaban J connectivity index is 2.56. The Kier molecular flexibility index (Phi) is 4.29.